The highest BCUT2D eigenvalue weighted by atomic mass is 35.5. The Hall–Kier alpha value is -2.28. The topological polar surface area (TPSA) is 36.4 Å². The molecule has 3 aromatic rings. The SMILES string of the molecule is O=C(N1CCN(Cc2nc(-c3ccc(F)cc3)cs2)CC1)C1(c2ccc(Cl)cc2)CCCC1. The van der Waals surface area contributed by atoms with Gasteiger partial charge in [-0.05, 0) is 54.8 Å². The Kier molecular flexibility index (Phi) is 6.50. The van der Waals surface area contributed by atoms with E-state index in [-0.39, 0.29) is 11.7 Å². The molecule has 1 aliphatic heterocycles. The second-order valence-electron chi connectivity index (χ2n) is 9.00. The second kappa shape index (κ2) is 9.53. The number of halogens is 2. The Morgan fingerprint density at radius 3 is 2.33 bits per heavy atom. The number of nitrogens with zero attached hydrogens (tertiary/aromatic N) is 3. The van der Waals surface area contributed by atoms with E-state index in [0.717, 1.165) is 80.2 Å². The van der Waals surface area contributed by atoms with Crippen LogP contribution < -0.4 is 0 Å². The zero-order chi connectivity index (χ0) is 22.8. The van der Waals surface area contributed by atoms with E-state index < -0.39 is 5.41 Å². The summed E-state index contributed by atoms with van der Waals surface area (Å²) in [6.07, 6.45) is 4.02. The van der Waals surface area contributed by atoms with Crippen LogP contribution in [0.2, 0.25) is 5.02 Å². The predicted molar refractivity (Wildman–Crippen MR) is 131 cm³/mol. The number of carbonyl (C=O) groups excluding carboxylic acids is 1. The van der Waals surface area contributed by atoms with Crippen LogP contribution in [-0.2, 0) is 16.8 Å². The summed E-state index contributed by atoms with van der Waals surface area (Å²) in [5.74, 6) is 0.0342. The molecule has 1 amide bonds. The average Bonchev–Trinajstić information content (AvgIpc) is 3.51. The summed E-state index contributed by atoms with van der Waals surface area (Å²) in [5.41, 5.74) is 2.52. The van der Waals surface area contributed by atoms with E-state index in [1.54, 1.807) is 23.5 Å². The van der Waals surface area contributed by atoms with Gasteiger partial charge < -0.3 is 4.90 Å². The Morgan fingerprint density at radius 1 is 1.00 bits per heavy atom. The second-order valence-corrected chi connectivity index (χ2v) is 10.4. The molecule has 1 saturated carbocycles. The van der Waals surface area contributed by atoms with E-state index in [0.29, 0.717) is 5.02 Å². The first-order chi connectivity index (χ1) is 16.0. The summed E-state index contributed by atoms with van der Waals surface area (Å²) in [6.45, 7) is 3.94. The maximum atomic E-state index is 13.7. The lowest BCUT2D eigenvalue weighted by molar-refractivity contribution is -0.139. The number of hydrogen-bond donors (Lipinski definition) is 0. The van der Waals surface area contributed by atoms with Gasteiger partial charge in [0.15, 0.2) is 0 Å². The molecule has 1 aromatic heterocycles. The summed E-state index contributed by atoms with van der Waals surface area (Å²) in [7, 11) is 0. The number of hydrogen-bond acceptors (Lipinski definition) is 4. The van der Waals surface area contributed by atoms with Crippen LogP contribution in [0.15, 0.2) is 53.9 Å². The van der Waals surface area contributed by atoms with Gasteiger partial charge in [-0.15, -0.1) is 11.3 Å². The highest BCUT2D eigenvalue weighted by Crippen LogP contribution is 2.43. The van der Waals surface area contributed by atoms with Crippen molar-refractivity contribution in [2.45, 2.75) is 37.6 Å². The molecule has 0 atom stereocenters. The van der Waals surface area contributed by atoms with Crippen molar-refractivity contribution < 1.29 is 9.18 Å². The summed E-state index contributed by atoms with van der Waals surface area (Å²) in [5, 5.41) is 3.78. The lowest BCUT2D eigenvalue weighted by Gasteiger charge is -2.40. The first-order valence-electron chi connectivity index (χ1n) is 11.5. The van der Waals surface area contributed by atoms with Crippen LogP contribution in [0.3, 0.4) is 0 Å². The fourth-order valence-electron chi connectivity index (χ4n) is 5.11. The number of benzene rings is 2. The van der Waals surface area contributed by atoms with Gasteiger partial charge in [-0.2, -0.15) is 0 Å². The highest BCUT2D eigenvalue weighted by Gasteiger charge is 2.45. The van der Waals surface area contributed by atoms with Crippen LogP contribution in [0.4, 0.5) is 4.39 Å². The average molecular weight is 484 g/mol. The number of thiazole rings is 1. The number of rotatable bonds is 5. The first-order valence-corrected chi connectivity index (χ1v) is 12.8. The van der Waals surface area contributed by atoms with Crippen LogP contribution in [0.25, 0.3) is 11.3 Å². The van der Waals surface area contributed by atoms with Crippen LogP contribution in [0.5, 0.6) is 0 Å². The highest BCUT2D eigenvalue weighted by molar-refractivity contribution is 7.09. The molecule has 0 radical (unpaired) electrons. The van der Waals surface area contributed by atoms with Crippen molar-refractivity contribution in [3.05, 3.63) is 75.3 Å². The Balaban J connectivity index is 1.21. The van der Waals surface area contributed by atoms with Gasteiger partial charge in [0, 0.05) is 42.1 Å². The minimum Gasteiger partial charge on any atom is -0.339 e. The van der Waals surface area contributed by atoms with Gasteiger partial charge >= 0.3 is 0 Å². The fraction of sp³-hybridized carbons (Fsp3) is 0.385. The summed E-state index contributed by atoms with van der Waals surface area (Å²) in [6, 6.07) is 14.3. The monoisotopic (exact) mass is 483 g/mol. The minimum atomic E-state index is -0.397. The maximum absolute atomic E-state index is 13.7. The third-order valence-electron chi connectivity index (χ3n) is 6.97. The quantitative estimate of drug-likeness (QED) is 0.463. The fourth-order valence-corrected chi connectivity index (χ4v) is 6.08. The number of carbonyl (C=O) groups is 1. The smallest absolute Gasteiger partial charge is 0.233 e. The van der Waals surface area contributed by atoms with Gasteiger partial charge in [0.05, 0.1) is 17.7 Å². The van der Waals surface area contributed by atoms with Gasteiger partial charge in [-0.3, -0.25) is 9.69 Å². The van der Waals surface area contributed by atoms with Crippen LogP contribution in [0, 0.1) is 5.82 Å². The molecule has 5 rings (SSSR count). The molecule has 0 unspecified atom stereocenters. The van der Waals surface area contributed by atoms with E-state index in [1.165, 1.54) is 12.1 Å². The zero-order valence-electron chi connectivity index (χ0n) is 18.5. The maximum Gasteiger partial charge on any atom is 0.233 e. The minimum absolute atomic E-state index is 0.239. The molecule has 172 valence electrons. The van der Waals surface area contributed by atoms with Crippen molar-refractivity contribution in [2.24, 2.45) is 0 Å². The Morgan fingerprint density at radius 2 is 1.67 bits per heavy atom. The van der Waals surface area contributed by atoms with Gasteiger partial charge in [0.2, 0.25) is 5.91 Å². The van der Waals surface area contributed by atoms with Crippen molar-refractivity contribution in [2.75, 3.05) is 26.2 Å². The van der Waals surface area contributed by atoms with E-state index in [1.807, 2.05) is 29.6 Å². The molecule has 4 nitrogen and oxygen atoms in total. The normalized spacial score (nSPS) is 18.5. The van der Waals surface area contributed by atoms with Gasteiger partial charge in [0.25, 0.3) is 0 Å². The number of aromatic nitrogens is 1. The van der Waals surface area contributed by atoms with E-state index in [2.05, 4.69) is 9.80 Å². The van der Waals surface area contributed by atoms with E-state index >= 15 is 0 Å². The van der Waals surface area contributed by atoms with Crippen molar-refractivity contribution >= 4 is 28.8 Å². The van der Waals surface area contributed by atoms with Gasteiger partial charge in [0.1, 0.15) is 10.8 Å². The molecule has 1 saturated heterocycles. The molecule has 2 heterocycles. The molecule has 0 bridgehead atoms. The van der Waals surface area contributed by atoms with Crippen LogP contribution >= 0.6 is 22.9 Å². The summed E-state index contributed by atoms with van der Waals surface area (Å²) < 4.78 is 13.2. The van der Waals surface area contributed by atoms with Crippen LogP contribution in [0.1, 0.15) is 36.3 Å². The molecule has 2 fully saturated rings. The molecule has 2 aliphatic rings. The van der Waals surface area contributed by atoms with E-state index in [9.17, 15) is 9.18 Å². The molecule has 0 spiro atoms. The summed E-state index contributed by atoms with van der Waals surface area (Å²) in [4.78, 5) is 22.9. The molecule has 1 aliphatic carbocycles. The van der Waals surface area contributed by atoms with Crippen LogP contribution in [-0.4, -0.2) is 46.9 Å². The largest absolute Gasteiger partial charge is 0.339 e. The molecule has 33 heavy (non-hydrogen) atoms. The van der Waals surface area contributed by atoms with Crippen molar-refractivity contribution in [3.8, 4) is 11.3 Å². The molecule has 2 aromatic carbocycles. The van der Waals surface area contributed by atoms with Crippen molar-refractivity contribution in [1.29, 1.82) is 0 Å². The number of piperazine rings is 1. The third kappa shape index (κ3) is 4.70. The van der Waals surface area contributed by atoms with Gasteiger partial charge in [-0.1, -0.05) is 36.6 Å². The molecular weight excluding hydrogens is 457 g/mol. The lowest BCUT2D eigenvalue weighted by atomic mass is 9.77. The zero-order valence-corrected chi connectivity index (χ0v) is 20.0. The van der Waals surface area contributed by atoms with Crippen molar-refractivity contribution in [1.82, 2.24) is 14.8 Å². The predicted octanol–water partition coefficient (Wildman–Crippen LogP) is 5.76. The Labute approximate surface area is 203 Å². The molecule has 0 N–H and O–H groups in total. The first kappa shape index (κ1) is 22.5. The summed E-state index contributed by atoms with van der Waals surface area (Å²) >= 11 is 7.73. The van der Waals surface area contributed by atoms with E-state index in [4.69, 9.17) is 16.6 Å². The number of amides is 1. The molecular formula is C26H27ClFN3OS. The Bertz CT molecular complexity index is 1100. The third-order valence-corrected chi connectivity index (χ3v) is 8.06. The van der Waals surface area contributed by atoms with Gasteiger partial charge in [-0.25, -0.2) is 9.37 Å². The lowest BCUT2D eigenvalue weighted by Crippen LogP contribution is -2.53. The van der Waals surface area contributed by atoms with Crippen molar-refractivity contribution in [3.63, 3.8) is 0 Å². The standard InChI is InChI=1S/C26H27ClFN3OS/c27-21-7-5-20(6-8-21)26(11-1-2-12-26)25(32)31-15-13-30(14-16-31)17-24-29-23(18-33-24)19-3-9-22(28)10-4-19/h3-10,18H,1-2,11-17H2. The molecule has 7 heteroatoms.